The van der Waals surface area contributed by atoms with Crippen molar-refractivity contribution in [1.29, 1.82) is 0 Å². The maximum Gasteiger partial charge on any atom is 0.416 e. The molecule has 0 aliphatic carbocycles. The third-order valence-electron chi connectivity index (χ3n) is 3.33. The van der Waals surface area contributed by atoms with Gasteiger partial charge in [-0.1, -0.05) is 12.1 Å². The van der Waals surface area contributed by atoms with E-state index in [-0.39, 0.29) is 0 Å². The Morgan fingerprint density at radius 3 is 2.74 bits per heavy atom. The molecule has 2 heterocycles. The molecular formula is C15H10F3N3OS. The number of halogens is 3. The Labute approximate surface area is 133 Å². The zero-order valence-corrected chi connectivity index (χ0v) is 12.6. The van der Waals surface area contributed by atoms with E-state index in [2.05, 4.69) is 10.1 Å². The first-order chi connectivity index (χ1) is 10.9. The van der Waals surface area contributed by atoms with Gasteiger partial charge in [0.25, 0.3) is 0 Å². The lowest BCUT2D eigenvalue weighted by molar-refractivity contribution is -0.137. The van der Waals surface area contributed by atoms with E-state index in [0.29, 0.717) is 33.9 Å². The molecule has 0 unspecified atom stereocenters. The summed E-state index contributed by atoms with van der Waals surface area (Å²) >= 11 is 1.24. The minimum absolute atomic E-state index is 0.378. The number of hydrogen-bond donors (Lipinski definition) is 0. The third-order valence-corrected chi connectivity index (χ3v) is 4.15. The Balaban J connectivity index is 1.99. The van der Waals surface area contributed by atoms with Crippen LogP contribution in [0.3, 0.4) is 0 Å². The second kappa shape index (κ2) is 5.62. The number of benzene rings is 1. The molecule has 3 rings (SSSR count). The lowest BCUT2D eigenvalue weighted by atomic mass is 10.1. The molecule has 2 aromatic heterocycles. The molecule has 0 fully saturated rings. The van der Waals surface area contributed by atoms with Crippen LogP contribution in [0.1, 0.15) is 21.6 Å². The summed E-state index contributed by atoms with van der Waals surface area (Å²) < 4.78 is 39.8. The van der Waals surface area contributed by atoms with Crippen LogP contribution >= 0.6 is 11.3 Å². The number of alkyl halides is 3. The first kappa shape index (κ1) is 15.4. The molecule has 0 atom stereocenters. The summed E-state index contributed by atoms with van der Waals surface area (Å²) in [5, 5.41) is 6.22. The van der Waals surface area contributed by atoms with Gasteiger partial charge >= 0.3 is 6.18 Å². The highest BCUT2D eigenvalue weighted by molar-refractivity contribution is 7.12. The van der Waals surface area contributed by atoms with Crippen molar-refractivity contribution >= 4 is 17.6 Å². The van der Waals surface area contributed by atoms with Gasteiger partial charge in [-0.15, -0.1) is 11.3 Å². The lowest BCUT2D eigenvalue weighted by Crippen LogP contribution is -2.04. The lowest BCUT2D eigenvalue weighted by Gasteiger charge is -2.07. The minimum atomic E-state index is -4.40. The second-order valence-electron chi connectivity index (χ2n) is 4.81. The molecule has 0 saturated heterocycles. The van der Waals surface area contributed by atoms with E-state index >= 15 is 0 Å². The normalized spacial score (nSPS) is 11.7. The van der Waals surface area contributed by atoms with Crippen LogP contribution in [0.25, 0.3) is 16.4 Å². The number of hydrogen-bond acceptors (Lipinski definition) is 4. The van der Waals surface area contributed by atoms with E-state index in [4.69, 9.17) is 0 Å². The van der Waals surface area contributed by atoms with Crippen LogP contribution in [0.2, 0.25) is 0 Å². The van der Waals surface area contributed by atoms with Crippen molar-refractivity contribution in [3.63, 3.8) is 0 Å². The Bertz CT molecular complexity index is 867. The highest BCUT2D eigenvalue weighted by Crippen LogP contribution is 2.32. The van der Waals surface area contributed by atoms with Crippen molar-refractivity contribution < 1.29 is 18.0 Å². The molecule has 3 aromatic rings. The van der Waals surface area contributed by atoms with Crippen LogP contribution in [0, 0.1) is 6.92 Å². The molecule has 23 heavy (non-hydrogen) atoms. The first-order valence-electron chi connectivity index (χ1n) is 6.53. The molecule has 1 aromatic carbocycles. The summed E-state index contributed by atoms with van der Waals surface area (Å²) in [6.45, 7) is 1.72. The summed E-state index contributed by atoms with van der Waals surface area (Å²) in [7, 11) is 0. The van der Waals surface area contributed by atoms with Crippen molar-refractivity contribution in [3.8, 4) is 16.4 Å². The number of thiazole rings is 1. The molecule has 0 N–H and O–H groups in total. The van der Waals surface area contributed by atoms with Crippen LogP contribution in [-0.4, -0.2) is 21.1 Å². The molecule has 0 amide bonds. The van der Waals surface area contributed by atoms with Gasteiger partial charge in [0.15, 0.2) is 6.29 Å². The van der Waals surface area contributed by atoms with Crippen LogP contribution in [0.5, 0.6) is 0 Å². The predicted molar refractivity (Wildman–Crippen MR) is 79.8 cm³/mol. The maximum atomic E-state index is 12.8. The van der Waals surface area contributed by atoms with Crippen molar-refractivity contribution in [2.75, 3.05) is 0 Å². The van der Waals surface area contributed by atoms with E-state index in [0.717, 1.165) is 12.1 Å². The van der Waals surface area contributed by atoms with E-state index in [1.807, 2.05) is 0 Å². The van der Waals surface area contributed by atoms with Gasteiger partial charge in [-0.05, 0) is 19.1 Å². The summed E-state index contributed by atoms with van der Waals surface area (Å²) in [4.78, 5) is 15.2. The monoisotopic (exact) mass is 337 g/mol. The molecule has 8 heteroatoms. The second-order valence-corrected chi connectivity index (χ2v) is 5.65. The van der Waals surface area contributed by atoms with Crippen molar-refractivity contribution in [1.82, 2.24) is 14.8 Å². The molecule has 4 nitrogen and oxygen atoms in total. The fraction of sp³-hybridized carbons (Fsp3) is 0.133. The van der Waals surface area contributed by atoms with Gasteiger partial charge in [0.05, 0.1) is 28.7 Å². The number of aldehydes is 1. The number of carbonyl (C=O) groups is 1. The molecule has 0 saturated carbocycles. The molecule has 0 spiro atoms. The van der Waals surface area contributed by atoms with E-state index in [9.17, 15) is 18.0 Å². The number of carbonyl (C=O) groups excluding carboxylic acids is 1. The summed E-state index contributed by atoms with van der Waals surface area (Å²) in [5.74, 6) is 0. The van der Waals surface area contributed by atoms with E-state index in [1.54, 1.807) is 18.4 Å². The van der Waals surface area contributed by atoms with Crippen LogP contribution in [-0.2, 0) is 6.18 Å². The van der Waals surface area contributed by atoms with Gasteiger partial charge in [-0.2, -0.15) is 18.3 Å². The van der Waals surface area contributed by atoms with Gasteiger partial charge in [0.1, 0.15) is 0 Å². The summed E-state index contributed by atoms with van der Waals surface area (Å²) in [6.07, 6.45) is -2.28. The number of aromatic nitrogens is 3. The molecule has 0 radical (unpaired) electrons. The Hall–Kier alpha value is -2.48. The van der Waals surface area contributed by atoms with Crippen LogP contribution < -0.4 is 0 Å². The SMILES string of the molecule is Cc1c(C=O)cnn1-c1nc(-c2cccc(C(F)(F)F)c2)cs1. The first-order valence-corrected chi connectivity index (χ1v) is 7.41. The summed E-state index contributed by atoms with van der Waals surface area (Å²) in [5.41, 5.74) is 1.16. The largest absolute Gasteiger partial charge is 0.416 e. The van der Waals surface area contributed by atoms with Crippen molar-refractivity contribution in [2.45, 2.75) is 13.1 Å². The third kappa shape index (κ3) is 2.89. The molecule has 0 aliphatic heterocycles. The number of rotatable bonds is 3. The quantitative estimate of drug-likeness (QED) is 0.675. The summed E-state index contributed by atoms with van der Waals surface area (Å²) in [6, 6.07) is 5.00. The minimum Gasteiger partial charge on any atom is -0.298 e. The molecule has 0 bridgehead atoms. The zero-order chi connectivity index (χ0) is 16.6. The van der Waals surface area contributed by atoms with E-state index < -0.39 is 11.7 Å². The van der Waals surface area contributed by atoms with Crippen LogP contribution in [0.15, 0.2) is 35.8 Å². The van der Waals surface area contributed by atoms with Gasteiger partial charge in [0.2, 0.25) is 5.13 Å². The van der Waals surface area contributed by atoms with Crippen LogP contribution in [0.4, 0.5) is 13.2 Å². The van der Waals surface area contributed by atoms with Gasteiger partial charge in [-0.3, -0.25) is 4.79 Å². The highest BCUT2D eigenvalue weighted by atomic mass is 32.1. The smallest absolute Gasteiger partial charge is 0.298 e. The zero-order valence-electron chi connectivity index (χ0n) is 11.8. The van der Waals surface area contributed by atoms with Gasteiger partial charge in [0, 0.05) is 10.9 Å². The van der Waals surface area contributed by atoms with Crippen molar-refractivity contribution in [3.05, 3.63) is 52.7 Å². The Morgan fingerprint density at radius 1 is 1.30 bits per heavy atom. The number of nitrogens with zero attached hydrogens (tertiary/aromatic N) is 3. The Kier molecular flexibility index (Phi) is 3.77. The standard InChI is InChI=1S/C15H10F3N3OS/c1-9-11(7-22)6-19-21(9)14-20-13(8-23-14)10-3-2-4-12(5-10)15(16,17)18/h2-8H,1H3. The topological polar surface area (TPSA) is 47.8 Å². The van der Waals surface area contributed by atoms with Crippen molar-refractivity contribution in [2.24, 2.45) is 0 Å². The average molecular weight is 337 g/mol. The predicted octanol–water partition coefficient (Wildman–Crippen LogP) is 4.14. The highest BCUT2D eigenvalue weighted by Gasteiger charge is 2.30. The molecular weight excluding hydrogens is 327 g/mol. The maximum absolute atomic E-state index is 12.8. The average Bonchev–Trinajstić information content (AvgIpc) is 3.13. The van der Waals surface area contributed by atoms with Gasteiger partial charge in [-0.25, -0.2) is 9.67 Å². The fourth-order valence-corrected chi connectivity index (χ4v) is 2.92. The van der Waals surface area contributed by atoms with Gasteiger partial charge < -0.3 is 0 Å². The molecule has 118 valence electrons. The van der Waals surface area contributed by atoms with E-state index in [1.165, 1.54) is 28.3 Å². The molecule has 0 aliphatic rings. The fourth-order valence-electron chi connectivity index (χ4n) is 2.08. The Morgan fingerprint density at radius 2 is 2.09 bits per heavy atom.